The highest BCUT2D eigenvalue weighted by Crippen LogP contribution is 2.29. The van der Waals surface area contributed by atoms with Gasteiger partial charge in [0.1, 0.15) is 5.75 Å². The number of hydrogen-bond acceptors (Lipinski definition) is 3. The van der Waals surface area contributed by atoms with Crippen molar-refractivity contribution < 1.29 is 9.53 Å². The molecule has 1 aliphatic heterocycles. The lowest BCUT2D eigenvalue weighted by Gasteiger charge is -2.19. The van der Waals surface area contributed by atoms with E-state index in [-0.39, 0.29) is 12.5 Å². The van der Waals surface area contributed by atoms with Gasteiger partial charge in [-0.3, -0.25) is 4.79 Å². The maximum Gasteiger partial charge on any atom is 0.262 e. The van der Waals surface area contributed by atoms with Gasteiger partial charge >= 0.3 is 0 Å². The van der Waals surface area contributed by atoms with Crippen molar-refractivity contribution in [2.45, 2.75) is 12.8 Å². The van der Waals surface area contributed by atoms with E-state index in [0.717, 1.165) is 18.8 Å². The first-order valence-electron chi connectivity index (χ1n) is 7.74. The first-order chi connectivity index (χ1) is 11.2. The van der Waals surface area contributed by atoms with Crippen LogP contribution in [-0.2, 0) is 4.79 Å². The number of carbonyl (C=O) groups is 1. The number of nitrogens with one attached hydrogen (secondary N) is 1. The molecule has 1 amide bonds. The van der Waals surface area contributed by atoms with Crippen molar-refractivity contribution in [2.24, 2.45) is 0 Å². The van der Waals surface area contributed by atoms with Crippen LogP contribution in [0.2, 0.25) is 5.02 Å². The molecule has 0 atom stereocenters. The van der Waals surface area contributed by atoms with Crippen LogP contribution in [0.1, 0.15) is 12.8 Å². The summed E-state index contributed by atoms with van der Waals surface area (Å²) in [6.07, 6.45) is 2.41. The molecular formula is C18H19ClN2O2. The Morgan fingerprint density at radius 1 is 1.13 bits per heavy atom. The third-order valence-corrected chi connectivity index (χ3v) is 4.14. The van der Waals surface area contributed by atoms with E-state index in [2.05, 4.69) is 10.2 Å². The van der Waals surface area contributed by atoms with Crippen LogP contribution in [0, 0.1) is 0 Å². The van der Waals surface area contributed by atoms with Gasteiger partial charge in [-0.25, -0.2) is 0 Å². The van der Waals surface area contributed by atoms with E-state index in [0.29, 0.717) is 16.5 Å². The first kappa shape index (κ1) is 15.7. The number of ether oxygens (including phenoxy) is 1. The average molecular weight is 331 g/mol. The normalized spacial score (nSPS) is 13.9. The Bertz CT molecular complexity index is 670. The number of rotatable bonds is 5. The monoisotopic (exact) mass is 330 g/mol. The lowest BCUT2D eigenvalue weighted by molar-refractivity contribution is -0.118. The van der Waals surface area contributed by atoms with Crippen LogP contribution in [0.25, 0.3) is 0 Å². The maximum atomic E-state index is 12.1. The molecule has 1 aliphatic rings. The minimum absolute atomic E-state index is 0.0473. The molecule has 4 nitrogen and oxygen atoms in total. The smallest absolute Gasteiger partial charge is 0.262 e. The molecule has 3 rings (SSSR count). The van der Waals surface area contributed by atoms with Gasteiger partial charge in [-0.2, -0.15) is 0 Å². The van der Waals surface area contributed by atoms with Crippen molar-refractivity contribution in [1.29, 1.82) is 0 Å². The Morgan fingerprint density at radius 3 is 2.61 bits per heavy atom. The van der Waals surface area contributed by atoms with E-state index in [9.17, 15) is 4.79 Å². The van der Waals surface area contributed by atoms with E-state index >= 15 is 0 Å². The molecule has 1 saturated heterocycles. The summed E-state index contributed by atoms with van der Waals surface area (Å²) in [7, 11) is 0. The number of benzene rings is 2. The molecule has 1 heterocycles. The highest BCUT2D eigenvalue weighted by atomic mass is 35.5. The molecule has 1 fully saturated rings. The molecule has 23 heavy (non-hydrogen) atoms. The number of nitrogens with zero attached hydrogens (tertiary/aromatic N) is 1. The minimum atomic E-state index is -0.227. The molecule has 2 aromatic rings. The zero-order valence-corrected chi connectivity index (χ0v) is 13.6. The lowest BCUT2D eigenvalue weighted by Crippen LogP contribution is -2.21. The summed E-state index contributed by atoms with van der Waals surface area (Å²) in [5.74, 6) is 0.439. The number of halogens is 1. The van der Waals surface area contributed by atoms with Gasteiger partial charge in [0.25, 0.3) is 5.91 Å². The van der Waals surface area contributed by atoms with Gasteiger partial charge in [-0.1, -0.05) is 29.8 Å². The van der Waals surface area contributed by atoms with Gasteiger partial charge < -0.3 is 15.0 Å². The Morgan fingerprint density at radius 2 is 1.87 bits per heavy atom. The van der Waals surface area contributed by atoms with Crippen molar-refractivity contribution in [3.63, 3.8) is 0 Å². The van der Waals surface area contributed by atoms with Crippen molar-refractivity contribution in [3.8, 4) is 5.75 Å². The van der Waals surface area contributed by atoms with Gasteiger partial charge in [0.05, 0.1) is 10.7 Å². The molecule has 0 aliphatic carbocycles. The number of para-hydroxylation sites is 1. The Hall–Kier alpha value is -2.20. The third-order valence-electron chi connectivity index (χ3n) is 3.81. The molecule has 0 saturated carbocycles. The van der Waals surface area contributed by atoms with Crippen LogP contribution in [0.5, 0.6) is 5.75 Å². The number of amides is 1. The minimum Gasteiger partial charge on any atom is -0.484 e. The van der Waals surface area contributed by atoms with Gasteiger partial charge in [-0.05, 0) is 43.2 Å². The Balaban J connectivity index is 1.62. The van der Waals surface area contributed by atoms with Gasteiger partial charge in [-0.15, -0.1) is 0 Å². The van der Waals surface area contributed by atoms with E-state index in [4.69, 9.17) is 16.3 Å². The molecule has 2 aromatic carbocycles. The third kappa shape index (κ3) is 4.17. The molecule has 0 spiro atoms. The molecule has 0 bridgehead atoms. The molecule has 0 radical (unpaired) electrons. The molecular weight excluding hydrogens is 312 g/mol. The largest absolute Gasteiger partial charge is 0.484 e. The summed E-state index contributed by atoms with van der Waals surface area (Å²) in [5.41, 5.74) is 1.71. The standard InChI is InChI=1S/C18H19ClN2O2/c19-16-9-8-14(21-10-4-5-11-21)12-17(16)20-18(22)13-23-15-6-2-1-3-7-15/h1-3,6-9,12H,4-5,10-11,13H2,(H,20,22). The van der Waals surface area contributed by atoms with Crippen molar-refractivity contribution in [2.75, 3.05) is 29.9 Å². The summed E-state index contributed by atoms with van der Waals surface area (Å²) in [4.78, 5) is 14.4. The fourth-order valence-corrected chi connectivity index (χ4v) is 2.80. The molecule has 5 heteroatoms. The van der Waals surface area contributed by atoms with E-state index < -0.39 is 0 Å². The van der Waals surface area contributed by atoms with Gasteiger partial charge in [0.15, 0.2) is 6.61 Å². The number of hydrogen-bond donors (Lipinski definition) is 1. The topological polar surface area (TPSA) is 41.6 Å². The maximum absolute atomic E-state index is 12.1. The fourth-order valence-electron chi connectivity index (χ4n) is 2.63. The predicted molar refractivity (Wildman–Crippen MR) is 93.5 cm³/mol. The number of carbonyl (C=O) groups excluding carboxylic acids is 1. The predicted octanol–water partition coefficient (Wildman–Crippen LogP) is 3.96. The summed E-state index contributed by atoms with van der Waals surface area (Å²) in [5, 5.41) is 3.35. The Labute approximate surface area is 141 Å². The van der Waals surface area contributed by atoms with Crippen LogP contribution in [0.15, 0.2) is 48.5 Å². The van der Waals surface area contributed by atoms with E-state index in [1.165, 1.54) is 12.8 Å². The van der Waals surface area contributed by atoms with Crippen LogP contribution in [0.3, 0.4) is 0 Å². The van der Waals surface area contributed by atoms with Crippen LogP contribution in [-0.4, -0.2) is 25.6 Å². The SMILES string of the molecule is O=C(COc1ccccc1)Nc1cc(N2CCCC2)ccc1Cl. The summed E-state index contributed by atoms with van der Waals surface area (Å²) in [6, 6.07) is 15.0. The molecule has 0 aromatic heterocycles. The zero-order valence-electron chi connectivity index (χ0n) is 12.8. The Kier molecular flexibility index (Phi) is 5.03. The second-order valence-corrected chi connectivity index (χ2v) is 5.92. The van der Waals surface area contributed by atoms with Gasteiger partial charge in [0.2, 0.25) is 0 Å². The van der Waals surface area contributed by atoms with Crippen LogP contribution in [0.4, 0.5) is 11.4 Å². The lowest BCUT2D eigenvalue weighted by atomic mass is 10.2. The van der Waals surface area contributed by atoms with Crippen molar-refractivity contribution >= 4 is 28.9 Å². The first-order valence-corrected chi connectivity index (χ1v) is 8.12. The zero-order chi connectivity index (χ0) is 16.1. The second kappa shape index (κ2) is 7.38. The molecule has 0 unspecified atom stereocenters. The quantitative estimate of drug-likeness (QED) is 0.902. The summed E-state index contributed by atoms with van der Waals surface area (Å²) in [6.45, 7) is 2.05. The average Bonchev–Trinajstić information content (AvgIpc) is 3.10. The van der Waals surface area contributed by atoms with E-state index in [1.807, 2.05) is 48.5 Å². The summed E-state index contributed by atoms with van der Waals surface area (Å²) >= 11 is 6.19. The van der Waals surface area contributed by atoms with Gasteiger partial charge in [0, 0.05) is 18.8 Å². The second-order valence-electron chi connectivity index (χ2n) is 5.51. The van der Waals surface area contributed by atoms with Crippen molar-refractivity contribution in [3.05, 3.63) is 53.6 Å². The number of anilines is 2. The van der Waals surface area contributed by atoms with Crippen LogP contribution < -0.4 is 15.0 Å². The molecule has 1 N–H and O–H groups in total. The van der Waals surface area contributed by atoms with Crippen molar-refractivity contribution in [1.82, 2.24) is 0 Å². The molecule has 120 valence electrons. The van der Waals surface area contributed by atoms with E-state index in [1.54, 1.807) is 0 Å². The fraction of sp³-hybridized carbons (Fsp3) is 0.278. The summed E-state index contributed by atoms with van der Waals surface area (Å²) < 4.78 is 5.44. The van der Waals surface area contributed by atoms with Crippen LogP contribution >= 0.6 is 11.6 Å². The highest BCUT2D eigenvalue weighted by molar-refractivity contribution is 6.33. The highest BCUT2D eigenvalue weighted by Gasteiger charge is 2.14.